The second kappa shape index (κ2) is 4.76. The number of rotatable bonds is 4. The van der Waals surface area contributed by atoms with Gasteiger partial charge in [0, 0.05) is 24.6 Å². The first-order valence-corrected chi connectivity index (χ1v) is 5.67. The van der Waals surface area contributed by atoms with Crippen LogP contribution in [0.5, 0.6) is 0 Å². The molecule has 1 saturated heterocycles. The van der Waals surface area contributed by atoms with Crippen LogP contribution in [0.25, 0.3) is 0 Å². The number of likely N-dealkylation sites (N-methyl/N-ethyl adjacent to an activating group) is 2. The second-order valence-corrected chi connectivity index (χ2v) is 4.46. The van der Waals surface area contributed by atoms with Crippen molar-refractivity contribution in [3.63, 3.8) is 0 Å². The molecule has 0 bridgehead atoms. The van der Waals surface area contributed by atoms with E-state index in [1.54, 1.807) is 7.05 Å². The van der Waals surface area contributed by atoms with Crippen molar-refractivity contribution in [2.75, 3.05) is 33.7 Å². The van der Waals surface area contributed by atoms with Crippen molar-refractivity contribution in [3.8, 4) is 0 Å². The van der Waals surface area contributed by atoms with Gasteiger partial charge in [-0.15, -0.1) is 0 Å². The highest BCUT2D eigenvalue weighted by Gasteiger charge is 2.27. The van der Waals surface area contributed by atoms with Crippen LogP contribution < -0.4 is 5.32 Å². The summed E-state index contributed by atoms with van der Waals surface area (Å²) in [5, 5.41) is 2.92. The van der Waals surface area contributed by atoms with Gasteiger partial charge in [-0.2, -0.15) is 0 Å². The minimum Gasteiger partial charge on any atom is -0.313 e. The predicted octanol–water partition coefficient (Wildman–Crippen LogP) is 1.12. The fraction of sp³-hybridized carbons (Fsp3) is 0.462. The monoisotopic (exact) mass is 218 g/mol. The number of nitrogens with zero attached hydrogens (tertiary/aromatic N) is 1. The number of ketones is 1. The van der Waals surface area contributed by atoms with Crippen molar-refractivity contribution in [2.24, 2.45) is 0 Å². The van der Waals surface area contributed by atoms with E-state index < -0.39 is 0 Å². The van der Waals surface area contributed by atoms with Crippen LogP contribution in [0.1, 0.15) is 21.8 Å². The Morgan fingerprint density at radius 3 is 2.75 bits per heavy atom. The zero-order chi connectivity index (χ0) is 11.5. The van der Waals surface area contributed by atoms with E-state index in [0.29, 0.717) is 12.5 Å². The van der Waals surface area contributed by atoms with Crippen molar-refractivity contribution in [1.29, 1.82) is 0 Å². The smallest absolute Gasteiger partial charge is 0.176 e. The van der Waals surface area contributed by atoms with Crippen LogP contribution in [0, 0.1) is 0 Å². The van der Waals surface area contributed by atoms with E-state index in [1.165, 1.54) is 5.56 Å². The standard InChI is InChI=1S/C13H18N2O/c1-14-7-13(16)12-6-4-3-5-11(12)10-8-15(2)9-10/h3-6,10,14H,7-9H2,1-2H3. The van der Waals surface area contributed by atoms with Crippen LogP contribution in [0.4, 0.5) is 0 Å². The number of carbonyl (C=O) groups is 1. The molecule has 0 unspecified atom stereocenters. The Balaban J connectivity index is 2.20. The molecule has 86 valence electrons. The molecule has 1 fully saturated rings. The number of nitrogens with one attached hydrogen (secondary N) is 1. The van der Waals surface area contributed by atoms with E-state index in [4.69, 9.17) is 0 Å². The third-order valence-electron chi connectivity index (χ3n) is 3.10. The molecule has 1 aromatic rings. The molecule has 1 aliphatic rings. The Bertz CT molecular complexity index is 383. The van der Waals surface area contributed by atoms with Gasteiger partial charge in [-0.25, -0.2) is 0 Å². The van der Waals surface area contributed by atoms with Crippen LogP contribution in [0.15, 0.2) is 24.3 Å². The highest BCUT2D eigenvalue weighted by atomic mass is 16.1. The van der Waals surface area contributed by atoms with Crippen LogP contribution in [-0.2, 0) is 0 Å². The third kappa shape index (κ3) is 2.15. The van der Waals surface area contributed by atoms with E-state index in [2.05, 4.69) is 23.3 Å². The van der Waals surface area contributed by atoms with Crippen molar-refractivity contribution in [3.05, 3.63) is 35.4 Å². The highest BCUT2D eigenvalue weighted by Crippen LogP contribution is 2.28. The molecule has 0 aromatic heterocycles. The fourth-order valence-electron chi connectivity index (χ4n) is 2.26. The average Bonchev–Trinajstić information content (AvgIpc) is 2.25. The Labute approximate surface area is 96.5 Å². The van der Waals surface area contributed by atoms with Gasteiger partial charge in [0.15, 0.2) is 5.78 Å². The fourth-order valence-corrected chi connectivity index (χ4v) is 2.26. The minimum absolute atomic E-state index is 0.188. The lowest BCUT2D eigenvalue weighted by Gasteiger charge is -2.37. The number of likely N-dealkylation sites (tertiary alicyclic amines) is 1. The zero-order valence-electron chi connectivity index (χ0n) is 9.86. The molecule has 1 aromatic carbocycles. The van der Waals surface area contributed by atoms with Crippen LogP contribution in [-0.4, -0.2) is 44.4 Å². The summed E-state index contributed by atoms with van der Waals surface area (Å²) in [4.78, 5) is 14.2. The van der Waals surface area contributed by atoms with E-state index >= 15 is 0 Å². The molecule has 3 nitrogen and oxygen atoms in total. The van der Waals surface area contributed by atoms with Gasteiger partial charge in [0.25, 0.3) is 0 Å². The third-order valence-corrected chi connectivity index (χ3v) is 3.10. The van der Waals surface area contributed by atoms with Gasteiger partial charge in [0.2, 0.25) is 0 Å². The predicted molar refractivity (Wildman–Crippen MR) is 64.9 cm³/mol. The largest absolute Gasteiger partial charge is 0.313 e. The average molecular weight is 218 g/mol. The maximum absolute atomic E-state index is 11.9. The summed E-state index contributed by atoms with van der Waals surface area (Å²) in [6.07, 6.45) is 0. The topological polar surface area (TPSA) is 32.3 Å². The molecule has 0 amide bonds. The molecule has 1 aliphatic heterocycles. The van der Waals surface area contributed by atoms with E-state index in [-0.39, 0.29) is 5.78 Å². The number of hydrogen-bond acceptors (Lipinski definition) is 3. The molecule has 0 aliphatic carbocycles. The molecule has 0 saturated carbocycles. The van der Waals surface area contributed by atoms with Gasteiger partial charge in [-0.05, 0) is 19.7 Å². The van der Waals surface area contributed by atoms with Gasteiger partial charge in [-0.3, -0.25) is 4.79 Å². The first-order chi connectivity index (χ1) is 7.72. The first kappa shape index (κ1) is 11.3. The van der Waals surface area contributed by atoms with Crippen molar-refractivity contribution < 1.29 is 4.79 Å². The number of carbonyl (C=O) groups excluding carboxylic acids is 1. The Morgan fingerprint density at radius 2 is 2.12 bits per heavy atom. The summed E-state index contributed by atoms with van der Waals surface area (Å²) in [5.74, 6) is 0.717. The SMILES string of the molecule is CNCC(=O)c1ccccc1C1CN(C)C1. The van der Waals surface area contributed by atoms with Crippen LogP contribution >= 0.6 is 0 Å². The normalized spacial score (nSPS) is 17.1. The lowest BCUT2D eigenvalue weighted by Crippen LogP contribution is -2.42. The maximum atomic E-state index is 11.9. The lowest BCUT2D eigenvalue weighted by molar-refractivity contribution is 0.0989. The van der Waals surface area contributed by atoms with Crippen molar-refractivity contribution in [1.82, 2.24) is 10.2 Å². The summed E-state index contributed by atoms with van der Waals surface area (Å²) >= 11 is 0. The summed E-state index contributed by atoms with van der Waals surface area (Å²) in [7, 11) is 3.91. The summed E-state index contributed by atoms with van der Waals surface area (Å²) < 4.78 is 0. The molecule has 3 heteroatoms. The summed E-state index contributed by atoms with van der Waals surface area (Å²) in [6, 6.07) is 7.98. The van der Waals surface area contributed by atoms with Gasteiger partial charge >= 0.3 is 0 Å². The molecule has 0 radical (unpaired) electrons. The molecular formula is C13H18N2O. The minimum atomic E-state index is 0.188. The van der Waals surface area contributed by atoms with Gasteiger partial charge in [0.1, 0.15) is 0 Å². The lowest BCUT2D eigenvalue weighted by atomic mass is 9.87. The van der Waals surface area contributed by atoms with Gasteiger partial charge in [0.05, 0.1) is 6.54 Å². The van der Waals surface area contributed by atoms with Gasteiger partial charge < -0.3 is 10.2 Å². The summed E-state index contributed by atoms with van der Waals surface area (Å²) in [5.41, 5.74) is 2.09. The second-order valence-electron chi connectivity index (χ2n) is 4.46. The Kier molecular flexibility index (Phi) is 3.36. The Hall–Kier alpha value is -1.19. The van der Waals surface area contributed by atoms with Crippen LogP contribution in [0.2, 0.25) is 0 Å². The first-order valence-electron chi connectivity index (χ1n) is 5.67. The molecule has 1 heterocycles. The molecule has 0 spiro atoms. The van der Waals surface area contributed by atoms with Crippen molar-refractivity contribution >= 4 is 5.78 Å². The zero-order valence-corrected chi connectivity index (χ0v) is 9.86. The van der Waals surface area contributed by atoms with E-state index in [1.807, 2.05) is 18.2 Å². The highest BCUT2D eigenvalue weighted by molar-refractivity contribution is 5.99. The summed E-state index contributed by atoms with van der Waals surface area (Å²) in [6.45, 7) is 2.53. The van der Waals surface area contributed by atoms with E-state index in [9.17, 15) is 4.79 Å². The molecule has 2 rings (SSSR count). The molecule has 1 N–H and O–H groups in total. The maximum Gasteiger partial charge on any atom is 0.176 e. The number of hydrogen-bond donors (Lipinski definition) is 1. The quantitative estimate of drug-likeness (QED) is 0.769. The van der Waals surface area contributed by atoms with Crippen molar-refractivity contribution in [2.45, 2.75) is 5.92 Å². The number of benzene rings is 1. The van der Waals surface area contributed by atoms with Crippen LogP contribution in [0.3, 0.4) is 0 Å². The van der Waals surface area contributed by atoms with Gasteiger partial charge in [-0.1, -0.05) is 24.3 Å². The number of Topliss-reactive ketones (excluding diaryl/α,β-unsaturated/α-hetero) is 1. The Morgan fingerprint density at radius 1 is 1.44 bits per heavy atom. The van der Waals surface area contributed by atoms with E-state index in [0.717, 1.165) is 18.7 Å². The molecule has 0 atom stereocenters. The molecular weight excluding hydrogens is 200 g/mol. The molecule has 16 heavy (non-hydrogen) atoms.